The smallest absolute Gasteiger partial charge is 0.225 e. The summed E-state index contributed by atoms with van der Waals surface area (Å²) in [4.78, 5) is 9.42. The van der Waals surface area contributed by atoms with Gasteiger partial charge in [0, 0.05) is 18.5 Å². The summed E-state index contributed by atoms with van der Waals surface area (Å²) < 4.78 is 5.21. The maximum absolute atomic E-state index is 5.21. The summed E-state index contributed by atoms with van der Waals surface area (Å²) in [6, 6.07) is 26.7. The predicted octanol–water partition coefficient (Wildman–Crippen LogP) is 4.95. The van der Waals surface area contributed by atoms with E-state index in [1.165, 1.54) is 11.1 Å². The molecule has 0 amide bonds. The number of nitrogens with zero attached hydrogens (tertiary/aromatic N) is 2. The van der Waals surface area contributed by atoms with Gasteiger partial charge in [-0.2, -0.15) is 4.98 Å². The molecular weight excluding hydrogens is 372 g/mol. The minimum Gasteiger partial charge on any atom is -0.497 e. The summed E-state index contributed by atoms with van der Waals surface area (Å²) in [5.74, 6) is 2.38. The molecule has 4 aromatic rings. The number of hydrogen-bond acceptors (Lipinski definition) is 5. The normalized spacial score (nSPS) is 10.7. The van der Waals surface area contributed by atoms with Crippen LogP contribution in [0.25, 0.3) is 10.9 Å². The zero-order valence-electron chi connectivity index (χ0n) is 17.1. The second kappa shape index (κ2) is 9.74. The molecule has 0 radical (unpaired) electrons. The van der Waals surface area contributed by atoms with Crippen LogP contribution >= 0.6 is 0 Å². The first-order chi connectivity index (χ1) is 14.8. The summed E-state index contributed by atoms with van der Waals surface area (Å²) in [6.45, 7) is 1.57. The van der Waals surface area contributed by atoms with Gasteiger partial charge in [0.15, 0.2) is 0 Å². The first kappa shape index (κ1) is 19.7. The average Bonchev–Trinajstić information content (AvgIpc) is 2.80. The van der Waals surface area contributed by atoms with E-state index in [4.69, 9.17) is 9.72 Å². The Morgan fingerprint density at radius 1 is 0.700 bits per heavy atom. The van der Waals surface area contributed by atoms with E-state index in [2.05, 4.69) is 58.1 Å². The van der Waals surface area contributed by atoms with Crippen molar-refractivity contribution in [3.8, 4) is 5.75 Å². The molecule has 0 saturated carbocycles. The molecule has 0 aliphatic heterocycles. The molecule has 1 aromatic heterocycles. The minimum absolute atomic E-state index is 0.643. The van der Waals surface area contributed by atoms with E-state index in [-0.39, 0.29) is 0 Å². The van der Waals surface area contributed by atoms with Gasteiger partial charge in [0.25, 0.3) is 0 Å². The highest BCUT2D eigenvalue weighted by Crippen LogP contribution is 2.22. The van der Waals surface area contributed by atoms with Gasteiger partial charge in [-0.25, -0.2) is 4.98 Å². The van der Waals surface area contributed by atoms with Gasteiger partial charge in [0.1, 0.15) is 11.6 Å². The lowest BCUT2D eigenvalue weighted by Gasteiger charge is -2.12. The van der Waals surface area contributed by atoms with Crippen molar-refractivity contribution in [2.24, 2.45) is 0 Å². The van der Waals surface area contributed by atoms with Gasteiger partial charge >= 0.3 is 0 Å². The number of anilines is 2. The van der Waals surface area contributed by atoms with Crippen LogP contribution in [0.1, 0.15) is 11.1 Å². The average molecular weight is 399 g/mol. The zero-order chi connectivity index (χ0) is 20.6. The Bertz CT molecular complexity index is 1080. The Kier molecular flexibility index (Phi) is 6.40. The fourth-order valence-corrected chi connectivity index (χ4v) is 3.37. The van der Waals surface area contributed by atoms with Gasteiger partial charge in [0.05, 0.1) is 12.6 Å². The first-order valence-corrected chi connectivity index (χ1v) is 10.2. The molecule has 0 aliphatic carbocycles. The third kappa shape index (κ3) is 5.06. The molecule has 5 heteroatoms. The SMILES string of the molecule is COc1ccc(CCNc2nc(NCCc3ccccc3)c3ccccc3n2)cc1. The van der Waals surface area contributed by atoms with Crippen molar-refractivity contribution < 1.29 is 4.74 Å². The van der Waals surface area contributed by atoms with Crippen molar-refractivity contribution in [3.63, 3.8) is 0 Å². The number of hydrogen-bond donors (Lipinski definition) is 2. The van der Waals surface area contributed by atoms with Crippen molar-refractivity contribution >= 4 is 22.7 Å². The summed E-state index contributed by atoms with van der Waals surface area (Å²) in [5, 5.41) is 7.89. The van der Waals surface area contributed by atoms with Crippen molar-refractivity contribution in [3.05, 3.63) is 90.0 Å². The maximum atomic E-state index is 5.21. The van der Waals surface area contributed by atoms with Gasteiger partial charge in [0.2, 0.25) is 5.95 Å². The number of aromatic nitrogens is 2. The van der Waals surface area contributed by atoms with E-state index in [9.17, 15) is 0 Å². The van der Waals surface area contributed by atoms with Crippen LogP contribution in [0, 0.1) is 0 Å². The lowest BCUT2D eigenvalue weighted by molar-refractivity contribution is 0.414. The molecule has 0 spiro atoms. The highest BCUT2D eigenvalue weighted by Gasteiger charge is 2.07. The monoisotopic (exact) mass is 398 g/mol. The van der Waals surface area contributed by atoms with Crippen molar-refractivity contribution in [2.75, 3.05) is 30.8 Å². The van der Waals surface area contributed by atoms with E-state index in [1.54, 1.807) is 7.11 Å². The molecule has 3 aromatic carbocycles. The molecule has 152 valence electrons. The Balaban J connectivity index is 1.42. The summed E-state index contributed by atoms with van der Waals surface area (Å²) in [7, 11) is 1.68. The van der Waals surface area contributed by atoms with Gasteiger partial charge in [-0.05, 0) is 48.2 Å². The molecule has 1 heterocycles. The third-order valence-corrected chi connectivity index (χ3v) is 5.01. The van der Waals surface area contributed by atoms with Crippen LogP contribution in [0.4, 0.5) is 11.8 Å². The van der Waals surface area contributed by atoms with E-state index >= 15 is 0 Å². The molecule has 30 heavy (non-hydrogen) atoms. The Morgan fingerprint density at radius 3 is 2.13 bits per heavy atom. The molecule has 0 atom stereocenters. The molecule has 0 aliphatic rings. The quantitative estimate of drug-likeness (QED) is 0.418. The van der Waals surface area contributed by atoms with Crippen molar-refractivity contribution in [2.45, 2.75) is 12.8 Å². The van der Waals surface area contributed by atoms with Crippen LogP contribution in [0.2, 0.25) is 0 Å². The standard InChI is InChI=1S/C25H26N4O/c1-30-21-13-11-20(12-14-21)16-18-27-25-28-23-10-6-5-9-22(23)24(29-25)26-17-15-19-7-3-2-4-8-19/h2-14H,15-18H2,1H3,(H2,26,27,28,29). The highest BCUT2D eigenvalue weighted by molar-refractivity contribution is 5.90. The largest absolute Gasteiger partial charge is 0.497 e. The highest BCUT2D eigenvalue weighted by atomic mass is 16.5. The third-order valence-electron chi connectivity index (χ3n) is 5.01. The predicted molar refractivity (Wildman–Crippen MR) is 123 cm³/mol. The molecule has 2 N–H and O–H groups in total. The van der Waals surface area contributed by atoms with Crippen LogP contribution in [0.15, 0.2) is 78.9 Å². The number of rotatable bonds is 9. The van der Waals surface area contributed by atoms with Gasteiger partial charge < -0.3 is 15.4 Å². The zero-order valence-corrected chi connectivity index (χ0v) is 17.1. The number of methoxy groups -OCH3 is 1. The van der Waals surface area contributed by atoms with E-state index < -0.39 is 0 Å². The second-order valence-corrected chi connectivity index (χ2v) is 7.10. The number of ether oxygens (including phenoxy) is 1. The molecule has 0 fully saturated rings. The van der Waals surface area contributed by atoms with Gasteiger partial charge in [-0.15, -0.1) is 0 Å². The lowest BCUT2D eigenvalue weighted by Crippen LogP contribution is -2.11. The Labute approximate surface area is 177 Å². The molecule has 0 unspecified atom stereocenters. The molecule has 4 rings (SSSR count). The number of fused-ring (bicyclic) bond motifs is 1. The number of nitrogens with one attached hydrogen (secondary N) is 2. The maximum Gasteiger partial charge on any atom is 0.225 e. The molecule has 0 saturated heterocycles. The van der Waals surface area contributed by atoms with Crippen LogP contribution in [-0.2, 0) is 12.8 Å². The fourth-order valence-electron chi connectivity index (χ4n) is 3.37. The van der Waals surface area contributed by atoms with Crippen LogP contribution < -0.4 is 15.4 Å². The number of benzene rings is 3. The lowest BCUT2D eigenvalue weighted by atomic mass is 10.1. The van der Waals surface area contributed by atoms with Crippen LogP contribution in [0.5, 0.6) is 5.75 Å². The fraction of sp³-hybridized carbons (Fsp3) is 0.200. The van der Waals surface area contributed by atoms with Crippen LogP contribution in [-0.4, -0.2) is 30.2 Å². The summed E-state index contributed by atoms with van der Waals surface area (Å²) in [5.41, 5.74) is 3.48. The van der Waals surface area contributed by atoms with Crippen LogP contribution in [0.3, 0.4) is 0 Å². The Hall–Kier alpha value is -3.60. The Morgan fingerprint density at radius 2 is 1.37 bits per heavy atom. The van der Waals surface area contributed by atoms with Crippen molar-refractivity contribution in [1.29, 1.82) is 0 Å². The second-order valence-electron chi connectivity index (χ2n) is 7.10. The minimum atomic E-state index is 0.643. The number of para-hydroxylation sites is 1. The summed E-state index contributed by atoms with van der Waals surface area (Å²) >= 11 is 0. The van der Waals surface area contributed by atoms with Gasteiger partial charge in [-0.3, -0.25) is 0 Å². The van der Waals surface area contributed by atoms with Gasteiger partial charge in [-0.1, -0.05) is 54.6 Å². The molecule has 5 nitrogen and oxygen atoms in total. The topological polar surface area (TPSA) is 59.1 Å². The van der Waals surface area contributed by atoms with E-state index in [0.717, 1.165) is 48.4 Å². The summed E-state index contributed by atoms with van der Waals surface area (Å²) in [6.07, 6.45) is 1.83. The molecular formula is C25H26N4O. The van der Waals surface area contributed by atoms with Crippen molar-refractivity contribution in [1.82, 2.24) is 9.97 Å². The molecule has 0 bridgehead atoms. The van der Waals surface area contributed by atoms with E-state index in [0.29, 0.717) is 5.95 Å². The first-order valence-electron chi connectivity index (χ1n) is 10.2. The van der Waals surface area contributed by atoms with E-state index in [1.807, 2.05) is 36.4 Å².